The molecule has 0 aliphatic carbocycles. The number of ether oxygens (including phenoxy) is 2. The molecule has 0 radical (unpaired) electrons. The Labute approximate surface area is 126 Å². The number of carbonyl (C=O) groups is 1. The van der Waals surface area contributed by atoms with Crippen molar-refractivity contribution in [3.05, 3.63) is 18.2 Å². The van der Waals surface area contributed by atoms with Gasteiger partial charge in [-0.15, -0.1) is 0 Å². The Hall–Kier alpha value is -1.91. The Kier molecular flexibility index (Phi) is 4.94. The second kappa shape index (κ2) is 6.70. The summed E-state index contributed by atoms with van der Waals surface area (Å²) in [6, 6.07) is 5.57. The quantitative estimate of drug-likeness (QED) is 0.667. The minimum absolute atomic E-state index is 0.0669. The molecule has 1 atom stereocenters. The predicted octanol–water partition coefficient (Wildman–Crippen LogP) is 2.45. The highest BCUT2D eigenvalue weighted by atomic mass is 16.5. The van der Waals surface area contributed by atoms with Crippen LogP contribution in [0.15, 0.2) is 18.2 Å². The van der Waals surface area contributed by atoms with Gasteiger partial charge < -0.3 is 20.1 Å². The molecule has 1 aliphatic heterocycles. The van der Waals surface area contributed by atoms with Gasteiger partial charge in [0, 0.05) is 0 Å². The SMILES string of the molecule is CCC1CN(CC(=O)OCC(C)C)c2c(N)cccc2O1. The number of rotatable bonds is 5. The van der Waals surface area contributed by atoms with E-state index in [-0.39, 0.29) is 18.6 Å². The van der Waals surface area contributed by atoms with Crippen LogP contribution in [-0.2, 0) is 9.53 Å². The minimum Gasteiger partial charge on any atom is -0.486 e. The highest BCUT2D eigenvalue weighted by molar-refractivity contribution is 5.82. The van der Waals surface area contributed by atoms with Crippen LogP contribution in [0.5, 0.6) is 5.75 Å². The average Bonchev–Trinajstić information content (AvgIpc) is 2.44. The first-order valence-corrected chi connectivity index (χ1v) is 7.47. The summed E-state index contributed by atoms with van der Waals surface area (Å²) >= 11 is 0. The van der Waals surface area contributed by atoms with Gasteiger partial charge in [-0.25, -0.2) is 0 Å². The van der Waals surface area contributed by atoms with Crippen LogP contribution in [0.1, 0.15) is 27.2 Å². The molecule has 0 saturated carbocycles. The molecule has 2 N–H and O–H groups in total. The zero-order chi connectivity index (χ0) is 15.4. The number of benzene rings is 1. The molecule has 2 rings (SSSR count). The molecule has 5 nitrogen and oxygen atoms in total. The summed E-state index contributed by atoms with van der Waals surface area (Å²) in [5.41, 5.74) is 7.46. The van der Waals surface area contributed by atoms with E-state index in [1.807, 2.05) is 36.9 Å². The summed E-state index contributed by atoms with van der Waals surface area (Å²) in [5.74, 6) is 0.846. The van der Waals surface area contributed by atoms with E-state index in [9.17, 15) is 4.79 Å². The molecule has 1 unspecified atom stereocenters. The third-order valence-electron chi connectivity index (χ3n) is 3.42. The molecule has 5 heteroatoms. The van der Waals surface area contributed by atoms with Gasteiger partial charge in [0.2, 0.25) is 0 Å². The van der Waals surface area contributed by atoms with Crippen molar-refractivity contribution in [3.63, 3.8) is 0 Å². The van der Waals surface area contributed by atoms with Crippen LogP contribution in [0.25, 0.3) is 0 Å². The molecule has 1 heterocycles. The fourth-order valence-corrected chi connectivity index (χ4v) is 2.34. The lowest BCUT2D eigenvalue weighted by Gasteiger charge is -2.36. The van der Waals surface area contributed by atoms with Gasteiger partial charge in [-0.3, -0.25) is 4.79 Å². The average molecular weight is 292 g/mol. The van der Waals surface area contributed by atoms with Gasteiger partial charge in [0.1, 0.15) is 24.1 Å². The minimum atomic E-state index is -0.227. The lowest BCUT2D eigenvalue weighted by Crippen LogP contribution is -2.43. The Morgan fingerprint density at radius 2 is 2.29 bits per heavy atom. The standard InChI is InChI=1S/C16H24N2O3/c1-4-12-8-18(9-15(19)20-10-11(2)3)16-13(17)6-5-7-14(16)21-12/h5-7,11-12H,4,8-10,17H2,1-3H3. The van der Waals surface area contributed by atoms with E-state index in [0.29, 0.717) is 24.8 Å². The summed E-state index contributed by atoms with van der Waals surface area (Å²) in [6.07, 6.45) is 0.948. The van der Waals surface area contributed by atoms with Crippen LogP contribution >= 0.6 is 0 Å². The van der Waals surface area contributed by atoms with Crippen LogP contribution in [0.2, 0.25) is 0 Å². The van der Waals surface area contributed by atoms with Crippen molar-refractivity contribution in [2.75, 3.05) is 30.3 Å². The Morgan fingerprint density at radius 3 is 2.95 bits per heavy atom. The number of esters is 1. The molecule has 0 bridgehead atoms. The second-order valence-electron chi connectivity index (χ2n) is 5.80. The monoisotopic (exact) mass is 292 g/mol. The maximum absolute atomic E-state index is 12.0. The van der Waals surface area contributed by atoms with E-state index < -0.39 is 0 Å². The molecule has 0 aromatic heterocycles. The Bertz CT molecular complexity index is 502. The number of carbonyl (C=O) groups excluding carboxylic acids is 1. The molecule has 0 fully saturated rings. The van der Waals surface area contributed by atoms with Crippen molar-refractivity contribution >= 4 is 17.3 Å². The lowest BCUT2D eigenvalue weighted by molar-refractivity contribution is -0.143. The summed E-state index contributed by atoms with van der Waals surface area (Å²) in [6.45, 7) is 7.39. The predicted molar refractivity (Wildman–Crippen MR) is 83.6 cm³/mol. The van der Waals surface area contributed by atoms with Gasteiger partial charge in [-0.1, -0.05) is 26.8 Å². The summed E-state index contributed by atoms with van der Waals surface area (Å²) in [7, 11) is 0. The van der Waals surface area contributed by atoms with E-state index in [4.69, 9.17) is 15.2 Å². The molecule has 1 aliphatic rings. The van der Waals surface area contributed by atoms with Crippen molar-refractivity contribution in [3.8, 4) is 5.75 Å². The van der Waals surface area contributed by atoms with Gasteiger partial charge in [-0.2, -0.15) is 0 Å². The second-order valence-corrected chi connectivity index (χ2v) is 5.80. The topological polar surface area (TPSA) is 64.8 Å². The van der Waals surface area contributed by atoms with Crippen LogP contribution in [0.3, 0.4) is 0 Å². The smallest absolute Gasteiger partial charge is 0.325 e. The number of nitrogens with zero attached hydrogens (tertiary/aromatic N) is 1. The molecule has 21 heavy (non-hydrogen) atoms. The number of hydrogen-bond acceptors (Lipinski definition) is 5. The van der Waals surface area contributed by atoms with Crippen molar-refractivity contribution in [2.24, 2.45) is 5.92 Å². The Balaban J connectivity index is 2.13. The van der Waals surface area contributed by atoms with Crippen molar-refractivity contribution in [1.82, 2.24) is 0 Å². The van der Waals surface area contributed by atoms with Gasteiger partial charge in [0.25, 0.3) is 0 Å². The maximum atomic E-state index is 12.0. The lowest BCUT2D eigenvalue weighted by atomic mass is 10.1. The molecular weight excluding hydrogens is 268 g/mol. The molecular formula is C16H24N2O3. The molecule has 116 valence electrons. The van der Waals surface area contributed by atoms with Crippen LogP contribution < -0.4 is 15.4 Å². The molecule has 0 saturated heterocycles. The van der Waals surface area contributed by atoms with Crippen molar-refractivity contribution in [2.45, 2.75) is 33.3 Å². The van der Waals surface area contributed by atoms with Crippen LogP contribution in [-0.4, -0.2) is 31.8 Å². The fraction of sp³-hybridized carbons (Fsp3) is 0.562. The van der Waals surface area contributed by atoms with E-state index >= 15 is 0 Å². The zero-order valence-corrected chi connectivity index (χ0v) is 13.0. The van der Waals surface area contributed by atoms with E-state index in [1.165, 1.54) is 0 Å². The summed E-state index contributed by atoms with van der Waals surface area (Å²) in [4.78, 5) is 13.9. The van der Waals surface area contributed by atoms with Gasteiger partial charge >= 0.3 is 5.97 Å². The van der Waals surface area contributed by atoms with Crippen molar-refractivity contribution in [1.29, 1.82) is 0 Å². The first-order valence-electron chi connectivity index (χ1n) is 7.47. The highest BCUT2D eigenvalue weighted by Crippen LogP contribution is 2.38. The van der Waals surface area contributed by atoms with Crippen LogP contribution in [0, 0.1) is 5.92 Å². The molecule has 0 amide bonds. The first kappa shape index (κ1) is 15.5. The Morgan fingerprint density at radius 1 is 1.52 bits per heavy atom. The third-order valence-corrected chi connectivity index (χ3v) is 3.42. The van der Waals surface area contributed by atoms with Crippen molar-refractivity contribution < 1.29 is 14.3 Å². The number of anilines is 2. The molecule has 1 aromatic carbocycles. The van der Waals surface area contributed by atoms with Gasteiger partial charge in [0.15, 0.2) is 0 Å². The normalized spacial score (nSPS) is 17.3. The highest BCUT2D eigenvalue weighted by Gasteiger charge is 2.28. The zero-order valence-electron chi connectivity index (χ0n) is 13.0. The van der Waals surface area contributed by atoms with E-state index in [0.717, 1.165) is 17.9 Å². The first-order chi connectivity index (χ1) is 10.0. The molecule has 0 spiro atoms. The van der Waals surface area contributed by atoms with Gasteiger partial charge in [-0.05, 0) is 24.5 Å². The number of fused-ring (bicyclic) bond motifs is 1. The van der Waals surface area contributed by atoms with E-state index in [2.05, 4.69) is 6.92 Å². The summed E-state index contributed by atoms with van der Waals surface area (Å²) < 4.78 is 11.2. The fourth-order valence-electron chi connectivity index (χ4n) is 2.34. The number of nitrogen functional groups attached to an aromatic ring is 1. The number of hydrogen-bond donors (Lipinski definition) is 1. The number of nitrogens with two attached hydrogens (primary N) is 1. The summed E-state index contributed by atoms with van der Waals surface area (Å²) in [5, 5.41) is 0. The van der Waals surface area contributed by atoms with E-state index in [1.54, 1.807) is 0 Å². The maximum Gasteiger partial charge on any atom is 0.325 e. The third kappa shape index (κ3) is 3.80. The molecule has 1 aromatic rings. The van der Waals surface area contributed by atoms with Gasteiger partial charge in [0.05, 0.1) is 18.8 Å². The largest absolute Gasteiger partial charge is 0.486 e. The number of para-hydroxylation sites is 1. The van der Waals surface area contributed by atoms with Crippen LogP contribution in [0.4, 0.5) is 11.4 Å².